The molecule has 0 fully saturated rings. The van der Waals surface area contributed by atoms with E-state index >= 15 is 0 Å². The molecule has 0 aliphatic carbocycles. The predicted octanol–water partition coefficient (Wildman–Crippen LogP) is 8.57. The zero-order valence-electron chi connectivity index (χ0n) is 21.5. The quantitative estimate of drug-likeness (QED) is 0.154. The third-order valence-corrected chi connectivity index (χ3v) is 8.18. The van der Waals surface area contributed by atoms with Gasteiger partial charge in [-0.25, -0.2) is 4.98 Å². The molecule has 6 aromatic rings. The van der Waals surface area contributed by atoms with Gasteiger partial charge >= 0.3 is 0 Å². The number of furan rings is 1. The molecular formula is C31H20Br3N3O4. The van der Waals surface area contributed by atoms with Crippen molar-refractivity contribution < 1.29 is 13.9 Å². The first kappa shape index (κ1) is 27.4. The van der Waals surface area contributed by atoms with Crippen LogP contribution in [0.25, 0.3) is 33.5 Å². The van der Waals surface area contributed by atoms with E-state index in [0.717, 1.165) is 19.9 Å². The highest BCUT2D eigenvalue weighted by Crippen LogP contribution is 2.37. The lowest BCUT2D eigenvalue weighted by atomic mass is 10.2. The molecule has 0 saturated heterocycles. The molecule has 0 saturated carbocycles. The molecule has 0 aliphatic heterocycles. The summed E-state index contributed by atoms with van der Waals surface area (Å²) in [5.74, 6) is 1.79. The van der Waals surface area contributed by atoms with Gasteiger partial charge in [0.2, 0.25) is 5.82 Å². The molecule has 41 heavy (non-hydrogen) atoms. The summed E-state index contributed by atoms with van der Waals surface area (Å²) in [6.07, 6.45) is 1.58. The summed E-state index contributed by atoms with van der Waals surface area (Å²) in [6.45, 7) is 0.329. The summed E-state index contributed by atoms with van der Waals surface area (Å²) in [5, 5.41) is 5.91. The van der Waals surface area contributed by atoms with Crippen molar-refractivity contribution in [3.63, 3.8) is 0 Å². The van der Waals surface area contributed by atoms with Crippen molar-refractivity contribution in [1.82, 2.24) is 9.66 Å². The van der Waals surface area contributed by atoms with Gasteiger partial charge in [-0.2, -0.15) is 9.78 Å². The number of rotatable bonds is 7. The van der Waals surface area contributed by atoms with Crippen LogP contribution in [0.15, 0.2) is 113 Å². The Labute approximate surface area is 259 Å². The van der Waals surface area contributed by atoms with E-state index in [1.165, 1.54) is 4.68 Å². The van der Waals surface area contributed by atoms with E-state index in [0.29, 0.717) is 56.2 Å². The molecule has 4 aromatic carbocycles. The van der Waals surface area contributed by atoms with Crippen molar-refractivity contribution >= 4 is 75.9 Å². The number of hydrogen-bond acceptors (Lipinski definition) is 6. The van der Waals surface area contributed by atoms with Gasteiger partial charge in [0, 0.05) is 19.9 Å². The Morgan fingerprint density at radius 1 is 0.951 bits per heavy atom. The number of para-hydroxylation sites is 2. The predicted molar refractivity (Wildman–Crippen MR) is 171 cm³/mol. The lowest BCUT2D eigenvalue weighted by Crippen LogP contribution is -2.20. The maximum absolute atomic E-state index is 13.6. The van der Waals surface area contributed by atoms with E-state index in [4.69, 9.17) is 18.9 Å². The van der Waals surface area contributed by atoms with Gasteiger partial charge in [0.1, 0.15) is 12.2 Å². The van der Waals surface area contributed by atoms with Crippen molar-refractivity contribution in [3.05, 3.63) is 120 Å². The van der Waals surface area contributed by atoms with Crippen LogP contribution in [-0.2, 0) is 6.61 Å². The molecule has 10 heteroatoms. The van der Waals surface area contributed by atoms with Gasteiger partial charge in [-0.15, -0.1) is 0 Å². The van der Waals surface area contributed by atoms with Gasteiger partial charge in [-0.1, -0.05) is 68.3 Å². The van der Waals surface area contributed by atoms with Crippen molar-refractivity contribution in [2.75, 3.05) is 7.11 Å². The van der Waals surface area contributed by atoms with Crippen LogP contribution in [0.2, 0.25) is 0 Å². The number of methoxy groups -OCH3 is 1. The normalized spacial score (nSPS) is 11.5. The van der Waals surface area contributed by atoms with Crippen LogP contribution in [0, 0.1) is 0 Å². The number of halogens is 3. The molecule has 6 rings (SSSR count). The Morgan fingerprint density at radius 3 is 2.56 bits per heavy atom. The second-order valence-electron chi connectivity index (χ2n) is 9.02. The van der Waals surface area contributed by atoms with E-state index in [1.54, 1.807) is 37.6 Å². The van der Waals surface area contributed by atoms with Crippen molar-refractivity contribution in [2.45, 2.75) is 6.61 Å². The number of fused-ring (bicyclic) bond motifs is 2. The summed E-state index contributed by atoms with van der Waals surface area (Å²) in [7, 11) is 1.57. The average Bonchev–Trinajstić information content (AvgIpc) is 3.41. The van der Waals surface area contributed by atoms with Crippen LogP contribution in [0.4, 0.5) is 0 Å². The molecule has 7 nitrogen and oxygen atoms in total. The molecule has 0 aliphatic rings. The number of ether oxygens (including phenoxy) is 2. The summed E-state index contributed by atoms with van der Waals surface area (Å²) in [5.41, 5.74) is 2.60. The van der Waals surface area contributed by atoms with E-state index in [1.807, 2.05) is 60.7 Å². The van der Waals surface area contributed by atoms with Gasteiger partial charge < -0.3 is 13.9 Å². The molecular weight excluding hydrogens is 718 g/mol. The van der Waals surface area contributed by atoms with Gasteiger partial charge in [-0.05, 0) is 70.0 Å². The Balaban J connectivity index is 1.38. The largest absolute Gasteiger partial charge is 0.493 e. The lowest BCUT2D eigenvalue weighted by Gasteiger charge is -2.14. The minimum absolute atomic E-state index is 0.298. The highest BCUT2D eigenvalue weighted by Gasteiger charge is 2.17. The van der Waals surface area contributed by atoms with Gasteiger partial charge in [-0.3, -0.25) is 4.79 Å². The molecule has 0 spiro atoms. The van der Waals surface area contributed by atoms with Gasteiger partial charge in [0.25, 0.3) is 5.56 Å². The van der Waals surface area contributed by atoms with Crippen molar-refractivity contribution in [3.8, 4) is 23.1 Å². The fourth-order valence-corrected chi connectivity index (χ4v) is 6.09. The molecule has 2 heterocycles. The van der Waals surface area contributed by atoms with E-state index in [-0.39, 0.29) is 5.56 Å². The number of aromatic nitrogens is 2. The third kappa shape index (κ3) is 5.59. The minimum Gasteiger partial charge on any atom is -0.493 e. The second kappa shape index (κ2) is 11.6. The Morgan fingerprint density at radius 2 is 1.76 bits per heavy atom. The molecule has 0 N–H and O–H groups in total. The fraction of sp³-hybridized carbons (Fsp3) is 0.0645. The van der Waals surface area contributed by atoms with Crippen LogP contribution in [-0.4, -0.2) is 23.0 Å². The molecule has 0 atom stereocenters. The van der Waals surface area contributed by atoms with Gasteiger partial charge in [0.15, 0.2) is 17.3 Å². The summed E-state index contributed by atoms with van der Waals surface area (Å²) < 4.78 is 21.6. The zero-order chi connectivity index (χ0) is 28.5. The van der Waals surface area contributed by atoms with Crippen molar-refractivity contribution in [1.29, 1.82) is 0 Å². The fourth-order valence-electron chi connectivity index (χ4n) is 4.35. The summed E-state index contributed by atoms with van der Waals surface area (Å²) in [4.78, 5) is 18.3. The Hall–Kier alpha value is -3.73. The van der Waals surface area contributed by atoms with E-state index < -0.39 is 0 Å². The van der Waals surface area contributed by atoms with Gasteiger partial charge in [0.05, 0.1) is 28.7 Å². The summed E-state index contributed by atoms with van der Waals surface area (Å²) in [6, 6.07) is 26.2. The van der Waals surface area contributed by atoms with Crippen LogP contribution in [0.5, 0.6) is 11.5 Å². The van der Waals surface area contributed by atoms with Crippen LogP contribution in [0.3, 0.4) is 0 Å². The first-order valence-electron chi connectivity index (χ1n) is 12.4. The highest BCUT2D eigenvalue weighted by atomic mass is 79.9. The number of hydrogen-bond donors (Lipinski definition) is 0. The molecule has 0 radical (unpaired) electrons. The monoisotopic (exact) mass is 735 g/mol. The molecule has 2 aromatic heterocycles. The minimum atomic E-state index is -0.312. The van der Waals surface area contributed by atoms with Crippen LogP contribution >= 0.6 is 47.8 Å². The summed E-state index contributed by atoms with van der Waals surface area (Å²) >= 11 is 10.6. The smallest absolute Gasteiger partial charge is 0.282 e. The first-order valence-corrected chi connectivity index (χ1v) is 14.8. The lowest BCUT2D eigenvalue weighted by molar-refractivity contribution is 0.282. The standard InChI is InChI=1S/C31H20Br3N3O4/c1-39-27-13-18(12-24(34)29(27)40-17-20-10-11-21(32)15-23(20)33)16-35-37-30(28-14-19-6-2-5-9-26(19)41-28)36-25-8-4-3-7-22(25)31(37)38/h2-16H,17H2,1H3. The first-order chi connectivity index (χ1) is 19.9. The number of nitrogens with zero attached hydrogens (tertiary/aromatic N) is 3. The van der Waals surface area contributed by atoms with Crippen LogP contribution < -0.4 is 15.0 Å². The highest BCUT2D eigenvalue weighted by molar-refractivity contribution is 9.11. The van der Waals surface area contributed by atoms with Crippen molar-refractivity contribution in [2.24, 2.45) is 5.10 Å². The SMILES string of the molecule is COc1cc(C=Nn2c(-c3cc4ccccc4o3)nc3ccccc3c2=O)cc(Br)c1OCc1ccc(Br)cc1Br. The van der Waals surface area contributed by atoms with Crippen LogP contribution in [0.1, 0.15) is 11.1 Å². The zero-order valence-corrected chi connectivity index (χ0v) is 26.2. The topological polar surface area (TPSA) is 78.9 Å². The second-order valence-corrected chi connectivity index (χ2v) is 11.6. The number of benzene rings is 4. The molecule has 204 valence electrons. The maximum Gasteiger partial charge on any atom is 0.282 e. The Kier molecular flexibility index (Phi) is 7.79. The molecule has 0 unspecified atom stereocenters. The average molecular weight is 738 g/mol. The molecule has 0 bridgehead atoms. The third-order valence-electron chi connectivity index (χ3n) is 6.36. The van der Waals surface area contributed by atoms with E-state index in [2.05, 4.69) is 52.9 Å². The Bertz CT molecular complexity index is 1980. The maximum atomic E-state index is 13.6. The molecule has 0 amide bonds. The van der Waals surface area contributed by atoms with E-state index in [9.17, 15) is 4.79 Å².